The van der Waals surface area contributed by atoms with E-state index in [1.807, 2.05) is 0 Å². The molecule has 26 heavy (non-hydrogen) atoms. The van der Waals surface area contributed by atoms with E-state index in [1.165, 1.54) is 16.5 Å². The van der Waals surface area contributed by atoms with Crippen LogP contribution in [0, 0.1) is 0 Å². The fourth-order valence-electron chi connectivity index (χ4n) is 6.01. The van der Waals surface area contributed by atoms with Gasteiger partial charge in [-0.05, 0) is 47.5 Å². The Balaban J connectivity index is 2.49. The molecule has 1 heterocycles. The van der Waals surface area contributed by atoms with Crippen molar-refractivity contribution in [3.8, 4) is 0 Å². The van der Waals surface area contributed by atoms with E-state index in [9.17, 15) is 9.90 Å². The Bertz CT molecular complexity index is 797. The Morgan fingerprint density at radius 1 is 1.08 bits per heavy atom. The van der Waals surface area contributed by atoms with Crippen LogP contribution < -0.4 is 0 Å². The summed E-state index contributed by atoms with van der Waals surface area (Å²) in [4.78, 5) is 12.2. The maximum absolute atomic E-state index is 12.2. The first-order valence-electron chi connectivity index (χ1n) is 10.1. The highest BCUT2D eigenvalue weighted by Crippen LogP contribution is 2.49. The zero-order valence-corrected chi connectivity index (χ0v) is 18.0. The van der Waals surface area contributed by atoms with Crippen LogP contribution in [0.2, 0.25) is 16.6 Å². The van der Waals surface area contributed by atoms with Crippen molar-refractivity contribution in [3.05, 3.63) is 35.5 Å². The number of carboxylic acid groups (broad SMARTS) is 1. The van der Waals surface area contributed by atoms with Crippen molar-refractivity contribution in [2.75, 3.05) is 0 Å². The van der Waals surface area contributed by atoms with Crippen LogP contribution in [0.5, 0.6) is 0 Å². The molecule has 0 saturated heterocycles. The Kier molecular flexibility index (Phi) is 5.08. The number of nitrogens with zero attached hydrogens (tertiary/aromatic N) is 1. The molecule has 1 atom stereocenters. The number of carboxylic acids is 1. The average molecular weight is 372 g/mol. The lowest BCUT2D eigenvalue weighted by atomic mass is 9.87. The van der Waals surface area contributed by atoms with Gasteiger partial charge in [-0.15, -0.1) is 0 Å². The Hall–Kier alpha value is -1.55. The van der Waals surface area contributed by atoms with Gasteiger partial charge in [0.15, 0.2) is 8.24 Å². The second-order valence-electron chi connectivity index (χ2n) is 8.85. The van der Waals surface area contributed by atoms with Crippen molar-refractivity contribution >= 4 is 25.1 Å². The highest BCUT2D eigenvalue weighted by atomic mass is 28.3. The number of aliphatic carboxylic acids is 1. The summed E-state index contributed by atoms with van der Waals surface area (Å²) in [6.45, 7) is 14.1. The number of aryl methyl sites for hydroxylation is 1. The second kappa shape index (κ2) is 6.88. The molecule has 1 aromatic heterocycles. The lowest BCUT2D eigenvalue weighted by molar-refractivity contribution is -0.139. The summed E-state index contributed by atoms with van der Waals surface area (Å²) in [5, 5.41) is 11.3. The van der Waals surface area contributed by atoms with Crippen molar-refractivity contribution < 1.29 is 9.90 Å². The number of rotatable bonds is 5. The van der Waals surface area contributed by atoms with Gasteiger partial charge in [-0.25, -0.2) is 0 Å². The number of hydrogen-bond acceptors (Lipinski definition) is 1. The molecule has 142 valence electrons. The summed E-state index contributed by atoms with van der Waals surface area (Å²) < 4.78 is 2.61. The van der Waals surface area contributed by atoms with Crippen LogP contribution in [-0.4, -0.2) is 23.5 Å². The zero-order valence-electron chi connectivity index (χ0n) is 17.0. The van der Waals surface area contributed by atoms with E-state index in [1.54, 1.807) is 0 Å². The van der Waals surface area contributed by atoms with Gasteiger partial charge in [0.25, 0.3) is 0 Å². The van der Waals surface area contributed by atoms with E-state index >= 15 is 0 Å². The first-order valence-corrected chi connectivity index (χ1v) is 12.3. The Morgan fingerprint density at radius 3 is 2.19 bits per heavy atom. The van der Waals surface area contributed by atoms with E-state index in [4.69, 9.17) is 0 Å². The molecule has 0 amide bonds. The maximum atomic E-state index is 12.2. The van der Waals surface area contributed by atoms with Crippen LogP contribution in [0.25, 0.3) is 10.9 Å². The topological polar surface area (TPSA) is 42.2 Å². The van der Waals surface area contributed by atoms with Crippen molar-refractivity contribution in [2.24, 2.45) is 0 Å². The molecule has 0 saturated carbocycles. The van der Waals surface area contributed by atoms with Gasteiger partial charge >= 0.3 is 5.97 Å². The van der Waals surface area contributed by atoms with Gasteiger partial charge in [0, 0.05) is 16.6 Å². The van der Waals surface area contributed by atoms with Crippen molar-refractivity contribution in [1.29, 1.82) is 0 Å². The normalized spacial score (nSPS) is 18.1. The van der Waals surface area contributed by atoms with Crippen molar-refractivity contribution in [3.63, 3.8) is 0 Å². The molecule has 4 heteroatoms. The van der Waals surface area contributed by atoms with Gasteiger partial charge in [0.1, 0.15) is 0 Å². The lowest BCUT2D eigenvalue weighted by Gasteiger charge is -2.46. The van der Waals surface area contributed by atoms with E-state index in [0.717, 1.165) is 25.0 Å². The third-order valence-electron chi connectivity index (χ3n) is 6.73. The highest BCUT2D eigenvalue weighted by molar-refractivity contribution is 6.82. The predicted octanol–water partition coefficient (Wildman–Crippen LogP) is 6.17. The third-order valence-corrected chi connectivity index (χ3v) is 13.5. The van der Waals surface area contributed by atoms with Crippen LogP contribution in [0.1, 0.15) is 71.6 Å². The molecule has 3 nitrogen and oxygen atoms in total. The van der Waals surface area contributed by atoms with E-state index in [0.29, 0.717) is 16.6 Å². The molecule has 1 aliphatic carbocycles. The Labute approximate surface area is 158 Å². The first kappa shape index (κ1) is 19.2. The highest BCUT2D eigenvalue weighted by Gasteiger charge is 2.49. The van der Waals surface area contributed by atoms with Gasteiger partial charge in [-0.1, -0.05) is 59.7 Å². The maximum Gasteiger partial charge on any atom is 0.312 e. The fourth-order valence-corrected chi connectivity index (χ4v) is 12.9. The van der Waals surface area contributed by atoms with Gasteiger partial charge < -0.3 is 9.34 Å². The van der Waals surface area contributed by atoms with Gasteiger partial charge in [0.2, 0.25) is 0 Å². The molecular weight excluding hydrogens is 338 g/mol. The van der Waals surface area contributed by atoms with Crippen molar-refractivity contribution in [2.45, 2.75) is 83.3 Å². The smallest absolute Gasteiger partial charge is 0.312 e. The molecule has 1 aromatic carbocycles. The third kappa shape index (κ3) is 2.56. The predicted molar refractivity (Wildman–Crippen MR) is 112 cm³/mol. The molecule has 1 aliphatic rings. The minimum absolute atomic E-state index is 0.366. The van der Waals surface area contributed by atoms with E-state index in [-0.39, 0.29) is 5.92 Å². The standard InChI is InChI=1S/C22H33NO2Si/c1-14(2)26(15(3)4,16(5)6)23-20-13-8-7-10-17(20)18-11-9-12-19(21(18)23)22(24)25/h7-8,10,13-16,19H,9,11-12H2,1-6H3,(H,24,25). The first-order chi connectivity index (χ1) is 12.2. The molecule has 0 aliphatic heterocycles. The summed E-state index contributed by atoms with van der Waals surface area (Å²) in [7, 11) is -2.03. The molecule has 1 N–H and O–H groups in total. The number of para-hydroxylation sites is 1. The number of aromatic nitrogens is 1. The molecule has 0 bridgehead atoms. The fraction of sp³-hybridized carbons (Fsp3) is 0.591. The monoisotopic (exact) mass is 371 g/mol. The lowest BCUT2D eigenvalue weighted by Crippen LogP contribution is -2.53. The number of benzene rings is 1. The molecule has 3 rings (SSSR count). The van der Waals surface area contributed by atoms with Crippen LogP contribution in [0.3, 0.4) is 0 Å². The van der Waals surface area contributed by atoms with E-state index in [2.05, 4.69) is 70.0 Å². The molecule has 2 aromatic rings. The Morgan fingerprint density at radius 2 is 1.65 bits per heavy atom. The summed E-state index contributed by atoms with van der Waals surface area (Å²) in [6.07, 6.45) is 2.74. The minimum atomic E-state index is -2.03. The largest absolute Gasteiger partial charge is 0.481 e. The molecule has 1 unspecified atom stereocenters. The number of fused-ring (bicyclic) bond motifs is 3. The molecule has 0 radical (unpaired) electrons. The number of carbonyl (C=O) groups is 1. The minimum Gasteiger partial charge on any atom is -0.481 e. The van der Waals surface area contributed by atoms with Gasteiger partial charge in [-0.2, -0.15) is 0 Å². The number of hydrogen-bond donors (Lipinski definition) is 1. The SMILES string of the molecule is CC(C)[Si](C(C)C)(C(C)C)n1c2c(c3ccccc31)CCCC2C(=O)O. The van der Waals surface area contributed by atoms with Crippen molar-refractivity contribution in [1.82, 2.24) is 4.23 Å². The van der Waals surface area contributed by atoms with Gasteiger partial charge in [0.05, 0.1) is 5.92 Å². The molecule has 0 spiro atoms. The second-order valence-corrected chi connectivity index (χ2v) is 14.5. The summed E-state index contributed by atoms with van der Waals surface area (Å²) in [6, 6.07) is 8.64. The van der Waals surface area contributed by atoms with Gasteiger partial charge in [-0.3, -0.25) is 4.79 Å². The van der Waals surface area contributed by atoms with Crippen LogP contribution in [-0.2, 0) is 11.2 Å². The zero-order chi connectivity index (χ0) is 19.2. The van der Waals surface area contributed by atoms with Crippen LogP contribution in [0.4, 0.5) is 0 Å². The van der Waals surface area contributed by atoms with Crippen LogP contribution in [0.15, 0.2) is 24.3 Å². The molecule has 0 fully saturated rings. The van der Waals surface area contributed by atoms with Crippen LogP contribution >= 0.6 is 0 Å². The summed E-state index contributed by atoms with van der Waals surface area (Å²) >= 11 is 0. The quantitative estimate of drug-likeness (QED) is 0.639. The average Bonchev–Trinajstić information content (AvgIpc) is 2.90. The summed E-state index contributed by atoms with van der Waals surface area (Å²) in [5.41, 5.74) is 5.33. The summed E-state index contributed by atoms with van der Waals surface area (Å²) in [5.74, 6) is -1.02. The molecular formula is C22H33NO2Si. The van der Waals surface area contributed by atoms with E-state index < -0.39 is 14.2 Å².